The minimum absolute atomic E-state index is 0.00270. The Balaban J connectivity index is 1.49. The standard InChI is InChI=1S/C26H32FIN5O4/c1-24(2,3)13-19(31-21(35)20(34)30-11-9-26(27)8-10-28-26)22(36)33-15-25(12-16(33)14-29)17-6-4-5-7-18(17)32-23(25)37/h4-7,16,19H,8-13,15H2,1-3H3,(H,30,34)(H,31,35)(H,32,37)/q-1/t16-,19-,25-,26+/m0/s1. The van der Waals surface area contributed by atoms with Crippen molar-refractivity contribution in [2.24, 2.45) is 5.41 Å². The molecule has 37 heavy (non-hydrogen) atoms. The average Bonchev–Trinajstić information content (AvgIpc) is 3.34. The summed E-state index contributed by atoms with van der Waals surface area (Å²) in [5.74, 6) is -2.69. The van der Waals surface area contributed by atoms with Crippen LogP contribution in [0.2, 0.25) is 0 Å². The van der Waals surface area contributed by atoms with Crippen molar-refractivity contribution < 1.29 is 44.8 Å². The number of alkyl halides is 3. The number of carbonyl (C=O) groups is 4. The van der Waals surface area contributed by atoms with Gasteiger partial charge in [0.2, 0.25) is 5.91 Å². The molecule has 11 heteroatoms. The zero-order valence-electron chi connectivity index (χ0n) is 21.2. The fourth-order valence-electron chi connectivity index (χ4n) is 5.15. The van der Waals surface area contributed by atoms with E-state index in [0.29, 0.717) is 12.1 Å². The van der Waals surface area contributed by atoms with Crippen molar-refractivity contribution in [2.75, 3.05) is 22.8 Å². The van der Waals surface area contributed by atoms with E-state index >= 15 is 0 Å². The Kier molecular flexibility index (Phi) is 7.52. The van der Waals surface area contributed by atoms with Crippen LogP contribution in [-0.4, -0.2) is 61.8 Å². The molecule has 0 unspecified atom stereocenters. The van der Waals surface area contributed by atoms with Gasteiger partial charge in [0.05, 0.1) is 0 Å². The number of nitriles is 1. The van der Waals surface area contributed by atoms with Gasteiger partial charge in [0.25, 0.3) is 0 Å². The van der Waals surface area contributed by atoms with Gasteiger partial charge in [-0.2, -0.15) is 5.26 Å². The molecule has 0 radical (unpaired) electrons. The molecule has 4 atom stereocenters. The molecule has 3 aliphatic rings. The second kappa shape index (κ2) is 10.2. The van der Waals surface area contributed by atoms with Gasteiger partial charge in [0.15, 0.2) is 0 Å². The zero-order valence-corrected chi connectivity index (χ0v) is 23.4. The van der Waals surface area contributed by atoms with E-state index in [4.69, 9.17) is 0 Å². The summed E-state index contributed by atoms with van der Waals surface area (Å²) in [6.07, 6.45) is 1.05. The van der Waals surface area contributed by atoms with Crippen LogP contribution in [0.15, 0.2) is 24.3 Å². The van der Waals surface area contributed by atoms with Crippen molar-refractivity contribution in [1.29, 1.82) is 5.26 Å². The van der Waals surface area contributed by atoms with E-state index in [1.165, 1.54) is 4.90 Å². The molecule has 0 saturated carbocycles. The van der Waals surface area contributed by atoms with Gasteiger partial charge < -0.3 is 5.32 Å². The van der Waals surface area contributed by atoms with Gasteiger partial charge in [-0.15, -0.1) is 0 Å². The molecule has 2 fully saturated rings. The maximum absolute atomic E-state index is 14.2. The van der Waals surface area contributed by atoms with Crippen LogP contribution in [-0.2, 0) is 24.6 Å². The molecule has 200 valence electrons. The SMILES string of the molecule is CC(C)(C)C[C@H](NC(=O)C(=O)NCC[C@@]1(F)CC[I-]1)C(=O)N1C[C@]2(C[C@H]1C#N)C(=O)Nc1ccccc12. The Morgan fingerprint density at radius 1 is 1.30 bits per heavy atom. The Morgan fingerprint density at radius 3 is 2.62 bits per heavy atom. The number of hydrogen-bond acceptors (Lipinski definition) is 5. The number of carbonyl (C=O) groups excluding carboxylic acids is 4. The van der Waals surface area contributed by atoms with Gasteiger partial charge in [-0.05, 0) is 11.6 Å². The second-order valence-electron chi connectivity index (χ2n) is 11.1. The number of rotatable bonds is 6. The van der Waals surface area contributed by atoms with Crippen LogP contribution in [0.4, 0.5) is 10.1 Å². The normalized spacial score (nSPS) is 27.3. The second-order valence-corrected chi connectivity index (χ2v) is 14.9. The van der Waals surface area contributed by atoms with Crippen LogP contribution < -0.4 is 37.2 Å². The van der Waals surface area contributed by atoms with Crippen molar-refractivity contribution in [2.45, 2.75) is 67.6 Å². The summed E-state index contributed by atoms with van der Waals surface area (Å²) < 4.78 is 14.0. The number of likely N-dealkylation sites (tertiary alicyclic amines) is 1. The first-order valence-corrected chi connectivity index (χ1v) is 15.0. The molecule has 0 aliphatic carbocycles. The first-order chi connectivity index (χ1) is 17.4. The first kappa shape index (κ1) is 27.3. The smallest absolute Gasteiger partial charge is 0.325 e. The molecular formula is C26H32FIN5O4-. The summed E-state index contributed by atoms with van der Waals surface area (Å²) >= 11 is -0.508. The van der Waals surface area contributed by atoms with Gasteiger partial charge in [-0.3, -0.25) is 4.79 Å². The van der Waals surface area contributed by atoms with Crippen molar-refractivity contribution in [3.8, 4) is 6.07 Å². The predicted octanol–water partition coefficient (Wildman–Crippen LogP) is -1.41. The summed E-state index contributed by atoms with van der Waals surface area (Å²) in [5, 5.41) is 17.7. The number of anilines is 1. The molecular weight excluding hydrogens is 592 g/mol. The molecule has 2 saturated heterocycles. The topological polar surface area (TPSA) is 131 Å². The fraction of sp³-hybridized carbons (Fsp3) is 0.577. The Hall–Kier alpha value is -2.75. The van der Waals surface area contributed by atoms with E-state index in [0.717, 1.165) is 9.99 Å². The molecule has 1 spiro atoms. The first-order valence-electron chi connectivity index (χ1n) is 12.4. The van der Waals surface area contributed by atoms with Crippen molar-refractivity contribution >= 4 is 29.3 Å². The van der Waals surface area contributed by atoms with E-state index in [2.05, 4.69) is 22.0 Å². The van der Waals surface area contributed by atoms with E-state index in [-0.39, 0.29) is 38.3 Å². The summed E-state index contributed by atoms with van der Waals surface area (Å²) in [5.41, 5.74) is -0.0398. The van der Waals surface area contributed by atoms with Gasteiger partial charge in [0, 0.05) is 5.69 Å². The average molecular weight is 624 g/mol. The number of hydrogen-bond donors (Lipinski definition) is 3. The maximum atomic E-state index is 14.2. The van der Waals surface area contributed by atoms with Crippen molar-refractivity contribution in [3.05, 3.63) is 29.8 Å². The molecule has 4 rings (SSSR count). The molecule has 3 aliphatic heterocycles. The third-order valence-corrected chi connectivity index (χ3v) is 10.6. The molecule has 0 aromatic heterocycles. The molecule has 0 bridgehead atoms. The third-order valence-electron chi connectivity index (χ3n) is 7.11. The molecule has 4 amide bonds. The molecule has 9 nitrogen and oxygen atoms in total. The molecule has 3 heterocycles. The summed E-state index contributed by atoms with van der Waals surface area (Å²) in [6, 6.07) is 7.42. The van der Waals surface area contributed by atoms with Crippen LogP contribution >= 0.6 is 0 Å². The summed E-state index contributed by atoms with van der Waals surface area (Å²) in [6.45, 7) is 5.75. The minimum atomic E-state index is -1.17. The van der Waals surface area contributed by atoms with Crippen molar-refractivity contribution in [3.63, 3.8) is 0 Å². The number of halogens is 2. The van der Waals surface area contributed by atoms with E-state index in [1.807, 2.05) is 32.9 Å². The zero-order chi connectivity index (χ0) is 27.0. The van der Waals surface area contributed by atoms with Crippen LogP contribution in [0.1, 0.15) is 52.0 Å². The quantitative estimate of drug-likeness (QED) is 0.204. The minimum Gasteiger partial charge on any atom is -0.325 e. The Labute approximate surface area is 226 Å². The van der Waals surface area contributed by atoms with E-state index < -0.39 is 65.5 Å². The van der Waals surface area contributed by atoms with Crippen LogP contribution in [0.3, 0.4) is 0 Å². The summed E-state index contributed by atoms with van der Waals surface area (Å²) in [4.78, 5) is 53.3. The van der Waals surface area contributed by atoms with Gasteiger partial charge in [0.1, 0.15) is 0 Å². The van der Waals surface area contributed by atoms with E-state index in [1.54, 1.807) is 12.1 Å². The van der Waals surface area contributed by atoms with Crippen molar-refractivity contribution in [1.82, 2.24) is 15.5 Å². The third kappa shape index (κ3) is 5.58. The van der Waals surface area contributed by atoms with Crippen LogP contribution in [0.25, 0.3) is 0 Å². The number of fused-ring (bicyclic) bond motifs is 2. The van der Waals surface area contributed by atoms with Gasteiger partial charge in [-0.25, -0.2) is 0 Å². The monoisotopic (exact) mass is 624 g/mol. The number of para-hydroxylation sites is 1. The van der Waals surface area contributed by atoms with Crippen LogP contribution in [0.5, 0.6) is 0 Å². The van der Waals surface area contributed by atoms with Gasteiger partial charge >= 0.3 is 170 Å². The Bertz CT molecular complexity index is 1160. The Morgan fingerprint density at radius 2 is 2.00 bits per heavy atom. The molecule has 1 aromatic rings. The number of nitrogens with one attached hydrogen (secondary N) is 3. The number of nitrogens with zero attached hydrogens (tertiary/aromatic N) is 2. The molecule has 3 N–H and O–H groups in total. The molecule has 1 aromatic carbocycles. The van der Waals surface area contributed by atoms with E-state index in [9.17, 15) is 28.8 Å². The summed E-state index contributed by atoms with van der Waals surface area (Å²) in [7, 11) is 0. The van der Waals surface area contributed by atoms with Crippen LogP contribution in [0, 0.1) is 16.7 Å². The predicted molar refractivity (Wildman–Crippen MR) is 129 cm³/mol. The number of amides is 4. The van der Waals surface area contributed by atoms with Gasteiger partial charge in [-0.1, -0.05) is 18.2 Å². The number of benzene rings is 1. The fourth-order valence-corrected chi connectivity index (χ4v) is 7.51.